The van der Waals surface area contributed by atoms with Gasteiger partial charge >= 0.3 is 0 Å². The number of rotatable bonds is 6. The van der Waals surface area contributed by atoms with Gasteiger partial charge in [0.05, 0.1) is 12.7 Å². The van der Waals surface area contributed by atoms with Crippen LogP contribution in [0.2, 0.25) is 0 Å². The van der Waals surface area contributed by atoms with E-state index in [0.717, 1.165) is 44.6 Å². The van der Waals surface area contributed by atoms with Crippen LogP contribution in [-0.2, 0) is 4.74 Å². The minimum Gasteiger partial charge on any atom is -0.374 e. The molecule has 4 heteroatoms. The zero-order chi connectivity index (χ0) is 13.7. The molecule has 0 aromatic heterocycles. The van der Waals surface area contributed by atoms with Crippen LogP contribution in [0.15, 0.2) is 0 Å². The maximum absolute atomic E-state index is 5.95. The van der Waals surface area contributed by atoms with Crippen molar-refractivity contribution in [3.8, 4) is 0 Å². The molecule has 2 fully saturated rings. The van der Waals surface area contributed by atoms with E-state index >= 15 is 0 Å². The Morgan fingerprint density at radius 1 is 1.21 bits per heavy atom. The van der Waals surface area contributed by atoms with Crippen LogP contribution in [0.1, 0.15) is 20.3 Å². The van der Waals surface area contributed by atoms with Gasteiger partial charge in [0.2, 0.25) is 0 Å². The van der Waals surface area contributed by atoms with E-state index in [4.69, 9.17) is 4.74 Å². The number of hydrogen-bond acceptors (Lipinski definition) is 4. The maximum atomic E-state index is 5.95. The average Bonchev–Trinajstić information content (AvgIpc) is 2.76. The second kappa shape index (κ2) is 7.58. The van der Waals surface area contributed by atoms with Crippen LogP contribution in [0.3, 0.4) is 0 Å². The van der Waals surface area contributed by atoms with E-state index in [0.29, 0.717) is 6.10 Å². The smallest absolute Gasteiger partial charge is 0.0829 e. The van der Waals surface area contributed by atoms with Crippen LogP contribution < -0.4 is 5.32 Å². The Labute approximate surface area is 118 Å². The van der Waals surface area contributed by atoms with Crippen LogP contribution in [-0.4, -0.2) is 75.4 Å². The summed E-state index contributed by atoms with van der Waals surface area (Å²) in [6.45, 7) is 13.7. The molecule has 1 N–H and O–H groups in total. The predicted octanol–water partition coefficient (Wildman–Crippen LogP) is 0.885. The highest BCUT2D eigenvalue weighted by atomic mass is 16.5. The second-order valence-corrected chi connectivity index (χ2v) is 6.62. The molecule has 4 nitrogen and oxygen atoms in total. The Bertz CT molecular complexity index is 260. The first kappa shape index (κ1) is 15.2. The van der Waals surface area contributed by atoms with Gasteiger partial charge in [-0.15, -0.1) is 0 Å². The van der Waals surface area contributed by atoms with Gasteiger partial charge in [0.25, 0.3) is 0 Å². The topological polar surface area (TPSA) is 27.7 Å². The largest absolute Gasteiger partial charge is 0.374 e. The van der Waals surface area contributed by atoms with Crippen molar-refractivity contribution in [3.63, 3.8) is 0 Å². The fraction of sp³-hybridized carbons (Fsp3) is 1.00. The van der Waals surface area contributed by atoms with Crippen LogP contribution in [0.5, 0.6) is 0 Å². The SMILES string of the molecule is CNCC1CCN(CC2CN(CC(C)C)CCO2)C1. The van der Waals surface area contributed by atoms with Gasteiger partial charge in [-0.1, -0.05) is 13.8 Å². The van der Waals surface area contributed by atoms with Crippen molar-refractivity contribution in [2.45, 2.75) is 26.4 Å². The van der Waals surface area contributed by atoms with Crippen molar-refractivity contribution >= 4 is 0 Å². The van der Waals surface area contributed by atoms with Gasteiger partial charge in [0.1, 0.15) is 0 Å². The van der Waals surface area contributed by atoms with Crippen molar-refractivity contribution in [1.29, 1.82) is 0 Å². The average molecular weight is 269 g/mol. The molecular weight excluding hydrogens is 238 g/mol. The first-order valence-electron chi connectivity index (χ1n) is 7.88. The molecule has 0 bridgehead atoms. The highest BCUT2D eigenvalue weighted by Gasteiger charge is 2.27. The van der Waals surface area contributed by atoms with Gasteiger partial charge in [-0.3, -0.25) is 4.90 Å². The van der Waals surface area contributed by atoms with E-state index in [1.165, 1.54) is 26.1 Å². The van der Waals surface area contributed by atoms with E-state index in [-0.39, 0.29) is 0 Å². The standard InChI is InChI=1S/C15H31N3O/c1-13(2)9-18-6-7-19-15(12-18)11-17-5-4-14(10-17)8-16-3/h13-16H,4-12H2,1-3H3. The first-order valence-corrected chi connectivity index (χ1v) is 7.88. The molecule has 2 heterocycles. The predicted molar refractivity (Wildman–Crippen MR) is 79.5 cm³/mol. The van der Waals surface area contributed by atoms with E-state index in [9.17, 15) is 0 Å². The Morgan fingerprint density at radius 2 is 2.05 bits per heavy atom. The normalized spacial score (nSPS) is 30.3. The fourth-order valence-corrected chi connectivity index (χ4v) is 3.40. The first-order chi connectivity index (χ1) is 9.17. The molecule has 2 saturated heterocycles. The Hall–Kier alpha value is -0.160. The summed E-state index contributed by atoms with van der Waals surface area (Å²) < 4.78 is 5.95. The number of hydrogen-bond donors (Lipinski definition) is 1. The molecular formula is C15H31N3O. The highest BCUT2D eigenvalue weighted by molar-refractivity contribution is 4.81. The van der Waals surface area contributed by atoms with Crippen LogP contribution in [0.4, 0.5) is 0 Å². The summed E-state index contributed by atoms with van der Waals surface area (Å²) in [7, 11) is 2.05. The molecule has 2 rings (SSSR count). The summed E-state index contributed by atoms with van der Waals surface area (Å²) in [5.74, 6) is 1.59. The number of ether oxygens (including phenoxy) is 1. The molecule has 0 radical (unpaired) electrons. The van der Waals surface area contributed by atoms with Gasteiger partial charge < -0.3 is 15.0 Å². The Balaban J connectivity index is 1.70. The summed E-state index contributed by atoms with van der Waals surface area (Å²) in [5.41, 5.74) is 0. The summed E-state index contributed by atoms with van der Waals surface area (Å²) in [6, 6.07) is 0. The zero-order valence-corrected chi connectivity index (χ0v) is 12.9. The molecule has 0 aromatic carbocycles. The van der Waals surface area contributed by atoms with Crippen molar-refractivity contribution < 1.29 is 4.74 Å². The van der Waals surface area contributed by atoms with Gasteiger partial charge in [-0.25, -0.2) is 0 Å². The lowest BCUT2D eigenvalue weighted by molar-refractivity contribution is -0.0438. The monoisotopic (exact) mass is 269 g/mol. The molecule has 0 aliphatic carbocycles. The Kier molecular flexibility index (Phi) is 6.07. The summed E-state index contributed by atoms with van der Waals surface area (Å²) >= 11 is 0. The molecule has 2 aliphatic heterocycles. The molecule has 0 amide bonds. The third kappa shape index (κ3) is 5.03. The third-order valence-electron chi connectivity index (χ3n) is 4.17. The molecule has 19 heavy (non-hydrogen) atoms. The number of nitrogens with zero attached hydrogens (tertiary/aromatic N) is 2. The minimum absolute atomic E-state index is 0.417. The van der Waals surface area contributed by atoms with E-state index < -0.39 is 0 Å². The highest BCUT2D eigenvalue weighted by Crippen LogP contribution is 2.17. The molecule has 2 unspecified atom stereocenters. The molecule has 2 atom stereocenters. The van der Waals surface area contributed by atoms with Crippen molar-refractivity contribution in [1.82, 2.24) is 15.1 Å². The molecule has 0 aromatic rings. The van der Waals surface area contributed by atoms with Gasteiger partial charge in [0.15, 0.2) is 0 Å². The van der Waals surface area contributed by atoms with E-state index in [1.54, 1.807) is 0 Å². The Morgan fingerprint density at radius 3 is 2.79 bits per heavy atom. The summed E-state index contributed by atoms with van der Waals surface area (Å²) in [4.78, 5) is 5.16. The summed E-state index contributed by atoms with van der Waals surface area (Å²) in [6.07, 6.45) is 1.75. The fourth-order valence-electron chi connectivity index (χ4n) is 3.40. The van der Waals surface area contributed by atoms with Gasteiger partial charge in [0, 0.05) is 32.7 Å². The minimum atomic E-state index is 0.417. The van der Waals surface area contributed by atoms with Crippen LogP contribution in [0.25, 0.3) is 0 Å². The number of nitrogens with one attached hydrogen (secondary N) is 1. The lowest BCUT2D eigenvalue weighted by atomic mass is 10.1. The summed E-state index contributed by atoms with van der Waals surface area (Å²) in [5, 5.41) is 3.30. The van der Waals surface area contributed by atoms with E-state index in [2.05, 4.69) is 36.0 Å². The lowest BCUT2D eigenvalue weighted by Gasteiger charge is -2.35. The third-order valence-corrected chi connectivity index (χ3v) is 4.17. The second-order valence-electron chi connectivity index (χ2n) is 6.62. The van der Waals surface area contributed by atoms with Crippen LogP contribution in [0, 0.1) is 11.8 Å². The van der Waals surface area contributed by atoms with Crippen molar-refractivity contribution in [2.24, 2.45) is 11.8 Å². The zero-order valence-electron chi connectivity index (χ0n) is 12.9. The van der Waals surface area contributed by atoms with Crippen molar-refractivity contribution in [3.05, 3.63) is 0 Å². The molecule has 2 aliphatic rings. The number of likely N-dealkylation sites (tertiary alicyclic amines) is 1. The molecule has 0 saturated carbocycles. The maximum Gasteiger partial charge on any atom is 0.0829 e. The van der Waals surface area contributed by atoms with Crippen LogP contribution >= 0.6 is 0 Å². The quantitative estimate of drug-likeness (QED) is 0.775. The molecule has 0 spiro atoms. The van der Waals surface area contributed by atoms with Crippen molar-refractivity contribution in [2.75, 3.05) is 59.5 Å². The van der Waals surface area contributed by atoms with Gasteiger partial charge in [-0.2, -0.15) is 0 Å². The van der Waals surface area contributed by atoms with E-state index in [1.807, 2.05) is 0 Å². The lowest BCUT2D eigenvalue weighted by Crippen LogP contribution is -2.48. The van der Waals surface area contributed by atoms with Gasteiger partial charge in [-0.05, 0) is 38.4 Å². The molecule has 112 valence electrons. The number of morpholine rings is 1.